The molecule has 186 valence electrons. The number of aromatic nitrogens is 2. The van der Waals surface area contributed by atoms with E-state index in [0.29, 0.717) is 36.1 Å². The Labute approximate surface area is 200 Å². The Kier molecular flexibility index (Phi) is 7.42. The fourth-order valence-electron chi connectivity index (χ4n) is 4.58. The van der Waals surface area contributed by atoms with Gasteiger partial charge in [0.05, 0.1) is 12.8 Å². The number of methoxy groups -OCH3 is 1. The Bertz CT molecular complexity index is 1150. The number of nitrogens with one attached hydrogen (secondary N) is 2. The first-order valence-corrected chi connectivity index (χ1v) is 11.4. The predicted molar refractivity (Wildman–Crippen MR) is 122 cm³/mol. The lowest BCUT2D eigenvalue weighted by Crippen LogP contribution is -2.30. The molecular formula is C24H27F2N5O4. The zero-order chi connectivity index (χ0) is 24.9. The lowest BCUT2D eigenvalue weighted by Gasteiger charge is -2.34. The number of nitrogens with two attached hydrogens (primary N) is 1. The monoisotopic (exact) mass is 487 g/mol. The highest BCUT2D eigenvalue weighted by Crippen LogP contribution is 2.39. The summed E-state index contributed by atoms with van der Waals surface area (Å²) >= 11 is 0. The molecule has 1 atom stereocenters. The fourth-order valence-corrected chi connectivity index (χ4v) is 4.58. The number of benzene rings is 1. The van der Waals surface area contributed by atoms with E-state index in [2.05, 4.69) is 26.9 Å². The molecule has 2 aromatic rings. The first-order valence-electron chi connectivity index (χ1n) is 11.4. The minimum absolute atomic E-state index is 0.148. The quantitative estimate of drug-likeness (QED) is 0.501. The number of carbonyl (C=O) groups is 2. The molecule has 1 unspecified atom stereocenters. The normalized spacial score (nSPS) is 22.1. The van der Waals surface area contributed by atoms with Crippen molar-refractivity contribution in [3.63, 3.8) is 0 Å². The largest absolute Gasteiger partial charge is 0.469 e. The maximum atomic E-state index is 13.3. The zero-order valence-corrected chi connectivity index (χ0v) is 19.2. The van der Waals surface area contributed by atoms with Gasteiger partial charge in [-0.25, -0.2) is 8.78 Å². The van der Waals surface area contributed by atoms with Gasteiger partial charge in [0, 0.05) is 23.9 Å². The summed E-state index contributed by atoms with van der Waals surface area (Å²) in [5, 5.41) is 12.7. The third-order valence-electron chi connectivity index (χ3n) is 6.53. The molecule has 0 bridgehead atoms. The average Bonchev–Trinajstić information content (AvgIpc) is 3.32. The van der Waals surface area contributed by atoms with Gasteiger partial charge in [-0.1, -0.05) is 11.2 Å². The van der Waals surface area contributed by atoms with E-state index in [-0.39, 0.29) is 29.5 Å². The van der Waals surface area contributed by atoms with Gasteiger partial charge in [0.2, 0.25) is 0 Å². The first-order chi connectivity index (χ1) is 16.8. The molecule has 1 heterocycles. The van der Waals surface area contributed by atoms with E-state index in [1.165, 1.54) is 13.2 Å². The van der Waals surface area contributed by atoms with Crippen LogP contribution in [0.1, 0.15) is 49.2 Å². The second-order valence-electron chi connectivity index (χ2n) is 8.85. The SMILES string of the molecule is COC(=O)CC1CCC(C2C=CC(NC(=O)c3nnc(Nc4ccc(F)c(F)c4)o3)=C(N)C2)CC1. The van der Waals surface area contributed by atoms with Crippen molar-refractivity contribution in [1.82, 2.24) is 15.5 Å². The van der Waals surface area contributed by atoms with Crippen molar-refractivity contribution in [2.75, 3.05) is 12.4 Å². The molecule has 0 radical (unpaired) electrons. The van der Waals surface area contributed by atoms with Crippen LogP contribution < -0.4 is 16.4 Å². The standard InChI is InChI=1S/C24H27F2N5O4/c1-34-21(32)10-13-2-4-14(5-3-13)15-6-9-20(19(27)11-15)29-22(33)23-30-31-24(35-23)28-16-7-8-17(25)18(26)12-16/h6-9,12-15H,2-5,10-11,27H2,1H3,(H,28,31)(H,29,33). The molecule has 35 heavy (non-hydrogen) atoms. The van der Waals surface area contributed by atoms with Crippen molar-refractivity contribution in [3.8, 4) is 0 Å². The van der Waals surface area contributed by atoms with Crippen molar-refractivity contribution in [2.45, 2.75) is 38.5 Å². The van der Waals surface area contributed by atoms with Gasteiger partial charge in [0.15, 0.2) is 11.6 Å². The second kappa shape index (κ2) is 10.7. The molecule has 1 fully saturated rings. The van der Waals surface area contributed by atoms with Crippen LogP contribution in [0.25, 0.3) is 0 Å². The van der Waals surface area contributed by atoms with Gasteiger partial charge in [-0.2, -0.15) is 0 Å². The molecule has 0 spiro atoms. The van der Waals surface area contributed by atoms with E-state index in [1.54, 1.807) is 6.08 Å². The Hall–Kier alpha value is -3.76. The molecule has 1 aromatic heterocycles. The molecule has 1 amide bonds. The molecule has 4 rings (SSSR count). The van der Waals surface area contributed by atoms with E-state index in [1.807, 2.05) is 0 Å². The van der Waals surface area contributed by atoms with Crippen molar-refractivity contribution in [1.29, 1.82) is 0 Å². The highest BCUT2D eigenvalue weighted by atomic mass is 19.2. The predicted octanol–water partition coefficient (Wildman–Crippen LogP) is 3.94. The van der Waals surface area contributed by atoms with Crippen LogP contribution in [0.2, 0.25) is 0 Å². The summed E-state index contributed by atoms with van der Waals surface area (Å²) in [4.78, 5) is 24.1. The molecule has 4 N–H and O–H groups in total. The van der Waals surface area contributed by atoms with E-state index in [0.717, 1.165) is 37.8 Å². The van der Waals surface area contributed by atoms with Crippen LogP contribution in [0.3, 0.4) is 0 Å². The first kappa shape index (κ1) is 24.4. The molecule has 0 aliphatic heterocycles. The summed E-state index contributed by atoms with van der Waals surface area (Å²) < 4.78 is 36.5. The second-order valence-corrected chi connectivity index (χ2v) is 8.85. The zero-order valence-electron chi connectivity index (χ0n) is 19.2. The summed E-state index contributed by atoms with van der Waals surface area (Å²) in [6.07, 6.45) is 8.92. The summed E-state index contributed by atoms with van der Waals surface area (Å²) in [5.74, 6) is -2.03. The number of nitrogens with zero attached hydrogens (tertiary/aromatic N) is 2. The summed E-state index contributed by atoms with van der Waals surface area (Å²) in [6.45, 7) is 0. The van der Waals surface area contributed by atoms with Gasteiger partial charge in [0.25, 0.3) is 0 Å². The Balaban J connectivity index is 1.30. The molecule has 0 saturated heterocycles. The molecule has 1 saturated carbocycles. The fraction of sp³-hybridized carbons (Fsp3) is 0.417. The van der Waals surface area contributed by atoms with Crippen molar-refractivity contribution >= 4 is 23.6 Å². The number of hydrogen-bond donors (Lipinski definition) is 3. The maximum Gasteiger partial charge on any atom is 0.320 e. The number of ether oxygens (including phenoxy) is 1. The minimum atomic E-state index is -1.04. The number of hydrogen-bond acceptors (Lipinski definition) is 8. The van der Waals surface area contributed by atoms with Crippen LogP contribution in [0.4, 0.5) is 20.5 Å². The minimum Gasteiger partial charge on any atom is -0.469 e. The van der Waals surface area contributed by atoms with E-state index in [4.69, 9.17) is 14.9 Å². The van der Waals surface area contributed by atoms with E-state index < -0.39 is 17.5 Å². The molecule has 11 heteroatoms. The Morgan fingerprint density at radius 2 is 1.94 bits per heavy atom. The van der Waals surface area contributed by atoms with Gasteiger partial charge < -0.3 is 25.5 Å². The third kappa shape index (κ3) is 6.03. The van der Waals surface area contributed by atoms with Crippen LogP contribution in [0.15, 0.2) is 46.2 Å². The Morgan fingerprint density at radius 3 is 2.63 bits per heavy atom. The number of esters is 1. The van der Waals surface area contributed by atoms with Crippen LogP contribution in [-0.2, 0) is 9.53 Å². The topological polar surface area (TPSA) is 132 Å². The lowest BCUT2D eigenvalue weighted by atomic mass is 9.72. The smallest absolute Gasteiger partial charge is 0.320 e. The molecule has 1 aromatic carbocycles. The van der Waals surface area contributed by atoms with Gasteiger partial charge in [-0.05, 0) is 68.1 Å². The number of halogens is 2. The van der Waals surface area contributed by atoms with Crippen LogP contribution in [-0.4, -0.2) is 29.2 Å². The van der Waals surface area contributed by atoms with Crippen molar-refractivity contribution < 1.29 is 27.5 Å². The molecule has 9 nitrogen and oxygen atoms in total. The van der Waals surface area contributed by atoms with Crippen LogP contribution >= 0.6 is 0 Å². The number of anilines is 2. The molecular weight excluding hydrogens is 460 g/mol. The van der Waals surface area contributed by atoms with Gasteiger partial charge >= 0.3 is 23.8 Å². The number of allylic oxidation sites excluding steroid dienone is 3. The summed E-state index contributed by atoms with van der Waals surface area (Å²) in [7, 11) is 1.41. The average molecular weight is 488 g/mol. The Morgan fingerprint density at radius 1 is 1.17 bits per heavy atom. The highest BCUT2D eigenvalue weighted by molar-refractivity contribution is 5.91. The molecule has 2 aliphatic carbocycles. The van der Waals surface area contributed by atoms with E-state index >= 15 is 0 Å². The third-order valence-corrected chi connectivity index (χ3v) is 6.53. The van der Waals surface area contributed by atoms with Crippen molar-refractivity contribution in [2.24, 2.45) is 23.5 Å². The van der Waals surface area contributed by atoms with Gasteiger partial charge in [-0.15, -0.1) is 5.10 Å². The maximum absolute atomic E-state index is 13.3. The number of rotatable bonds is 7. The summed E-state index contributed by atoms with van der Waals surface area (Å²) in [6, 6.07) is 3.03. The number of amides is 1. The summed E-state index contributed by atoms with van der Waals surface area (Å²) in [5.41, 5.74) is 7.47. The van der Waals surface area contributed by atoms with Crippen LogP contribution in [0, 0.1) is 29.4 Å². The molecule has 2 aliphatic rings. The van der Waals surface area contributed by atoms with E-state index in [9.17, 15) is 18.4 Å². The highest BCUT2D eigenvalue weighted by Gasteiger charge is 2.30. The van der Waals surface area contributed by atoms with Gasteiger partial charge in [0.1, 0.15) is 0 Å². The van der Waals surface area contributed by atoms with Crippen molar-refractivity contribution in [3.05, 3.63) is 59.3 Å². The lowest BCUT2D eigenvalue weighted by molar-refractivity contribution is -0.142. The number of carbonyl (C=O) groups excluding carboxylic acids is 2. The van der Waals surface area contributed by atoms with Gasteiger partial charge in [-0.3, -0.25) is 9.59 Å². The van der Waals surface area contributed by atoms with Crippen LogP contribution in [0.5, 0.6) is 0 Å².